The molecule has 4 rings (SSSR count). The van der Waals surface area contributed by atoms with Crippen molar-refractivity contribution in [2.24, 2.45) is 5.10 Å². The summed E-state index contributed by atoms with van der Waals surface area (Å²) < 4.78 is 10.8. The average molecular weight is 397 g/mol. The molecule has 0 radical (unpaired) electrons. The van der Waals surface area contributed by atoms with E-state index in [9.17, 15) is 5.26 Å². The van der Waals surface area contributed by atoms with Gasteiger partial charge in [0.05, 0.1) is 32.0 Å². The van der Waals surface area contributed by atoms with Gasteiger partial charge in [-0.15, -0.1) is 0 Å². The molecule has 3 aromatic rings. The number of hydrogen-bond donors (Lipinski definition) is 0. The fourth-order valence-electron chi connectivity index (χ4n) is 3.83. The molecule has 1 aliphatic rings. The Kier molecular flexibility index (Phi) is 5.67. The highest BCUT2D eigenvalue weighted by Crippen LogP contribution is 2.40. The summed E-state index contributed by atoms with van der Waals surface area (Å²) in [7, 11) is 3.19. The Labute approximate surface area is 176 Å². The quantitative estimate of drug-likeness (QED) is 0.579. The van der Waals surface area contributed by atoms with Crippen LogP contribution in [0.15, 0.2) is 84.0 Å². The van der Waals surface area contributed by atoms with Crippen LogP contribution in [0.5, 0.6) is 11.5 Å². The van der Waals surface area contributed by atoms with E-state index in [1.807, 2.05) is 59.6 Å². The zero-order valence-corrected chi connectivity index (χ0v) is 17.0. The number of ether oxygens (including phenoxy) is 2. The van der Waals surface area contributed by atoms with Gasteiger partial charge in [-0.2, -0.15) is 10.4 Å². The van der Waals surface area contributed by atoms with Crippen LogP contribution in [0.4, 0.5) is 0 Å². The van der Waals surface area contributed by atoms with E-state index in [1.54, 1.807) is 14.2 Å². The summed E-state index contributed by atoms with van der Waals surface area (Å²) in [6, 6.07) is 27.8. The Bertz CT molecular complexity index is 1070. The van der Waals surface area contributed by atoms with Gasteiger partial charge in [0.25, 0.3) is 0 Å². The van der Waals surface area contributed by atoms with Crippen LogP contribution in [-0.4, -0.2) is 24.9 Å². The predicted octanol–water partition coefficient (Wildman–Crippen LogP) is 5.12. The molecular weight excluding hydrogens is 374 g/mol. The van der Waals surface area contributed by atoms with Crippen molar-refractivity contribution in [1.82, 2.24) is 5.01 Å². The third kappa shape index (κ3) is 3.72. The average Bonchev–Trinajstić information content (AvgIpc) is 3.25. The summed E-state index contributed by atoms with van der Waals surface area (Å²) in [5.41, 5.74) is 4.00. The first-order chi connectivity index (χ1) is 14.7. The van der Waals surface area contributed by atoms with Crippen molar-refractivity contribution < 1.29 is 9.47 Å². The zero-order valence-electron chi connectivity index (χ0n) is 17.0. The summed E-state index contributed by atoms with van der Waals surface area (Å²) in [4.78, 5) is 0. The SMILES string of the molecule is COc1ccc([C@@H](C#N)N2N=C(c3ccccc3)C[C@H]2c2ccccc2)cc1OC. The van der Waals surface area contributed by atoms with Crippen molar-refractivity contribution >= 4 is 5.71 Å². The number of nitrogens with zero attached hydrogens (tertiary/aromatic N) is 3. The number of benzene rings is 3. The van der Waals surface area contributed by atoms with Crippen LogP contribution in [0.1, 0.15) is 35.2 Å². The standard InChI is InChI=1S/C25H23N3O2/c1-29-24-14-13-20(15-25(24)30-2)23(17-26)28-22(19-11-7-4-8-12-19)16-21(27-28)18-9-5-3-6-10-18/h3-15,22-23H,16H2,1-2H3/t22-,23+/m0/s1. The van der Waals surface area contributed by atoms with Gasteiger partial charge in [-0.1, -0.05) is 66.7 Å². The van der Waals surface area contributed by atoms with Crippen LogP contribution in [0.25, 0.3) is 0 Å². The minimum atomic E-state index is -0.559. The largest absolute Gasteiger partial charge is 0.493 e. The molecule has 0 unspecified atom stereocenters. The molecule has 1 heterocycles. The molecule has 0 bridgehead atoms. The van der Waals surface area contributed by atoms with Crippen molar-refractivity contribution in [1.29, 1.82) is 5.26 Å². The molecule has 5 nitrogen and oxygen atoms in total. The molecule has 0 saturated carbocycles. The molecule has 0 fully saturated rings. The first-order valence-electron chi connectivity index (χ1n) is 9.83. The first-order valence-corrected chi connectivity index (χ1v) is 9.83. The van der Waals surface area contributed by atoms with Gasteiger partial charge in [-0.3, -0.25) is 5.01 Å². The van der Waals surface area contributed by atoms with E-state index < -0.39 is 6.04 Å². The molecule has 0 N–H and O–H groups in total. The van der Waals surface area contributed by atoms with Gasteiger partial charge in [-0.05, 0) is 28.8 Å². The van der Waals surface area contributed by atoms with Crippen LogP contribution in [0.3, 0.4) is 0 Å². The topological polar surface area (TPSA) is 57.8 Å². The fourth-order valence-corrected chi connectivity index (χ4v) is 3.83. The molecule has 0 aliphatic carbocycles. The molecule has 1 aliphatic heterocycles. The molecule has 3 aromatic carbocycles. The summed E-state index contributed by atoms with van der Waals surface area (Å²) in [5, 5.41) is 17.0. The third-order valence-electron chi connectivity index (χ3n) is 5.34. The monoisotopic (exact) mass is 397 g/mol. The highest BCUT2D eigenvalue weighted by Gasteiger charge is 2.34. The van der Waals surface area contributed by atoms with Crippen molar-refractivity contribution in [3.63, 3.8) is 0 Å². The second-order valence-corrected chi connectivity index (χ2v) is 7.07. The van der Waals surface area contributed by atoms with Gasteiger partial charge in [-0.25, -0.2) is 0 Å². The Hall–Kier alpha value is -3.78. The molecule has 5 heteroatoms. The van der Waals surface area contributed by atoms with Crippen LogP contribution in [-0.2, 0) is 0 Å². The maximum absolute atomic E-state index is 10.1. The Morgan fingerprint density at radius 3 is 2.23 bits per heavy atom. The first kappa shape index (κ1) is 19.5. The molecule has 30 heavy (non-hydrogen) atoms. The van der Waals surface area contributed by atoms with E-state index in [4.69, 9.17) is 14.6 Å². The molecule has 150 valence electrons. The van der Waals surface area contributed by atoms with Crippen molar-refractivity contribution in [3.8, 4) is 17.6 Å². The Morgan fingerprint density at radius 1 is 0.933 bits per heavy atom. The lowest BCUT2D eigenvalue weighted by Crippen LogP contribution is -2.24. The Balaban J connectivity index is 1.77. The lowest BCUT2D eigenvalue weighted by Gasteiger charge is -2.28. The van der Waals surface area contributed by atoms with Gasteiger partial charge < -0.3 is 9.47 Å². The van der Waals surface area contributed by atoms with E-state index in [-0.39, 0.29) is 6.04 Å². The summed E-state index contributed by atoms with van der Waals surface area (Å²) in [6.45, 7) is 0. The van der Waals surface area contributed by atoms with Crippen LogP contribution < -0.4 is 9.47 Å². The van der Waals surface area contributed by atoms with Gasteiger partial charge in [0, 0.05) is 6.42 Å². The van der Waals surface area contributed by atoms with Gasteiger partial charge in [0.15, 0.2) is 17.5 Å². The van der Waals surface area contributed by atoms with E-state index in [2.05, 4.69) is 30.3 Å². The normalized spacial score (nSPS) is 16.5. The predicted molar refractivity (Wildman–Crippen MR) is 117 cm³/mol. The van der Waals surface area contributed by atoms with Gasteiger partial charge in [0.1, 0.15) is 0 Å². The minimum Gasteiger partial charge on any atom is -0.493 e. The van der Waals surface area contributed by atoms with Crippen molar-refractivity contribution in [3.05, 3.63) is 95.6 Å². The van der Waals surface area contributed by atoms with E-state index in [1.165, 1.54) is 0 Å². The molecule has 0 amide bonds. The highest BCUT2D eigenvalue weighted by molar-refractivity contribution is 6.01. The van der Waals surface area contributed by atoms with E-state index in [0.29, 0.717) is 11.5 Å². The number of hydrogen-bond acceptors (Lipinski definition) is 5. The molecular formula is C25H23N3O2. The molecule has 2 atom stereocenters. The minimum absolute atomic E-state index is 0.0286. The lowest BCUT2D eigenvalue weighted by molar-refractivity contribution is 0.196. The Morgan fingerprint density at radius 2 is 1.60 bits per heavy atom. The zero-order chi connectivity index (χ0) is 20.9. The number of hydrazone groups is 1. The maximum Gasteiger partial charge on any atom is 0.161 e. The second kappa shape index (κ2) is 8.71. The second-order valence-electron chi connectivity index (χ2n) is 7.07. The summed E-state index contributed by atoms with van der Waals surface area (Å²) in [6.07, 6.45) is 0.736. The van der Waals surface area contributed by atoms with E-state index >= 15 is 0 Å². The van der Waals surface area contributed by atoms with E-state index in [0.717, 1.165) is 28.8 Å². The summed E-state index contributed by atoms with van der Waals surface area (Å²) >= 11 is 0. The maximum atomic E-state index is 10.1. The highest BCUT2D eigenvalue weighted by atomic mass is 16.5. The van der Waals surface area contributed by atoms with Crippen LogP contribution in [0, 0.1) is 11.3 Å². The lowest BCUT2D eigenvalue weighted by atomic mass is 9.97. The number of methoxy groups -OCH3 is 2. The third-order valence-corrected chi connectivity index (χ3v) is 5.34. The smallest absolute Gasteiger partial charge is 0.161 e. The van der Waals surface area contributed by atoms with Crippen LogP contribution in [0.2, 0.25) is 0 Å². The van der Waals surface area contributed by atoms with Crippen molar-refractivity contribution in [2.45, 2.75) is 18.5 Å². The summed E-state index contributed by atoms with van der Waals surface area (Å²) in [5.74, 6) is 1.23. The number of rotatable bonds is 6. The van der Waals surface area contributed by atoms with Gasteiger partial charge in [0.2, 0.25) is 0 Å². The molecule has 0 spiro atoms. The van der Waals surface area contributed by atoms with Crippen LogP contribution >= 0.6 is 0 Å². The number of nitriles is 1. The van der Waals surface area contributed by atoms with Crippen molar-refractivity contribution in [2.75, 3.05) is 14.2 Å². The molecule has 0 saturated heterocycles. The fraction of sp³-hybridized carbons (Fsp3) is 0.200. The molecule has 0 aromatic heterocycles. The van der Waals surface area contributed by atoms with Gasteiger partial charge >= 0.3 is 0 Å².